The van der Waals surface area contributed by atoms with Crippen molar-refractivity contribution >= 4 is 0 Å². The highest BCUT2D eigenvalue weighted by Crippen LogP contribution is 2.26. The van der Waals surface area contributed by atoms with Crippen molar-refractivity contribution in [1.82, 2.24) is 15.1 Å². The molecule has 0 amide bonds. The Bertz CT molecular complexity index is 439. The van der Waals surface area contributed by atoms with Crippen molar-refractivity contribution in [3.05, 3.63) is 23.8 Å². The Morgan fingerprint density at radius 1 is 1.35 bits per heavy atom. The average Bonchev–Trinajstić information content (AvgIpc) is 2.43. The van der Waals surface area contributed by atoms with Crippen LogP contribution in [-0.4, -0.2) is 68.3 Å². The van der Waals surface area contributed by atoms with Gasteiger partial charge in [0.25, 0.3) is 0 Å². The maximum atomic E-state index is 9.75. The van der Waals surface area contributed by atoms with Gasteiger partial charge in [0.1, 0.15) is 0 Å². The van der Waals surface area contributed by atoms with Crippen molar-refractivity contribution in [2.75, 3.05) is 47.4 Å². The second-order valence-electron chi connectivity index (χ2n) is 5.53. The molecule has 1 aromatic carbocycles. The number of hydrogen-bond donors (Lipinski definition) is 2. The SMILES string of the molecule is COc1ccc(CNCC2CN(C)CCN2C)cc1O. The maximum Gasteiger partial charge on any atom is 0.160 e. The summed E-state index contributed by atoms with van der Waals surface area (Å²) >= 11 is 0. The van der Waals surface area contributed by atoms with E-state index in [0.29, 0.717) is 11.8 Å². The quantitative estimate of drug-likeness (QED) is 0.832. The minimum atomic E-state index is 0.196. The van der Waals surface area contributed by atoms with Gasteiger partial charge in [-0.1, -0.05) is 6.07 Å². The third-order valence-electron chi connectivity index (χ3n) is 3.93. The fourth-order valence-corrected chi connectivity index (χ4v) is 2.55. The summed E-state index contributed by atoms with van der Waals surface area (Å²) in [6, 6.07) is 6.07. The molecular formula is C15H25N3O2. The Morgan fingerprint density at radius 3 is 2.85 bits per heavy atom. The Labute approximate surface area is 121 Å². The Balaban J connectivity index is 1.82. The highest BCUT2D eigenvalue weighted by molar-refractivity contribution is 5.41. The molecule has 1 aromatic rings. The van der Waals surface area contributed by atoms with Crippen LogP contribution in [-0.2, 0) is 6.54 Å². The Hall–Kier alpha value is -1.30. The lowest BCUT2D eigenvalue weighted by atomic mass is 10.1. The number of ether oxygens (including phenoxy) is 1. The molecule has 0 spiro atoms. The number of aromatic hydroxyl groups is 1. The zero-order chi connectivity index (χ0) is 14.5. The number of hydrogen-bond acceptors (Lipinski definition) is 5. The van der Waals surface area contributed by atoms with Crippen LogP contribution in [0.1, 0.15) is 5.56 Å². The highest BCUT2D eigenvalue weighted by atomic mass is 16.5. The van der Waals surface area contributed by atoms with Crippen molar-refractivity contribution in [1.29, 1.82) is 0 Å². The molecule has 2 rings (SSSR count). The number of nitrogens with zero attached hydrogens (tertiary/aromatic N) is 2. The van der Waals surface area contributed by atoms with E-state index in [4.69, 9.17) is 4.74 Å². The van der Waals surface area contributed by atoms with Gasteiger partial charge in [-0.25, -0.2) is 0 Å². The van der Waals surface area contributed by atoms with Gasteiger partial charge in [-0.2, -0.15) is 0 Å². The van der Waals surface area contributed by atoms with Gasteiger partial charge in [0.2, 0.25) is 0 Å². The molecule has 0 aromatic heterocycles. The molecule has 0 aliphatic carbocycles. The smallest absolute Gasteiger partial charge is 0.160 e. The van der Waals surface area contributed by atoms with Gasteiger partial charge in [0, 0.05) is 38.8 Å². The van der Waals surface area contributed by atoms with E-state index in [1.807, 2.05) is 6.07 Å². The molecule has 112 valence electrons. The molecule has 2 N–H and O–H groups in total. The third-order valence-corrected chi connectivity index (χ3v) is 3.93. The van der Waals surface area contributed by atoms with Crippen molar-refractivity contribution in [3.8, 4) is 11.5 Å². The fraction of sp³-hybridized carbons (Fsp3) is 0.600. The van der Waals surface area contributed by atoms with Crippen molar-refractivity contribution in [2.24, 2.45) is 0 Å². The lowest BCUT2D eigenvalue weighted by Crippen LogP contribution is -2.53. The third kappa shape index (κ3) is 3.85. The molecule has 1 saturated heterocycles. The van der Waals surface area contributed by atoms with E-state index < -0.39 is 0 Å². The molecule has 0 radical (unpaired) electrons. The van der Waals surface area contributed by atoms with E-state index in [9.17, 15) is 5.11 Å². The normalized spacial score (nSPS) is 21.1. The molecule has 0 bridgehead atoms. The maximum absolute atomic E-state index is 9.75. The first-order valence-corrected chi connectivity index (χ1v) is 7.05. The molecule has 1 aliphatic heterocycles. The summed E-state index contributed by atoms with van der Waals surface area (Å²) in [5, 5.41) is 13.2. The second kappa shape index (κ2) is 6.92. The predicted octanol–water partition coefficient (Wildman–Crippen LogP) is 0.736. The van der Waals surface area contributed by atoms with Crippen molar-refractivity contribution in [2.45, 2.75) is 12.6 Å². The van der Waals surface area contributed by atoms with Gasteiger partial charge >= 0.3 is 0 Å². The van der Waals surface area contributed by atoms with Crippen LogP contribution in [0.3, 0.4) is 0 Å². The van der Waals surface area contributed by atoms with E-state index >= 15 is 0 Å². The van der Waals surface area contributed by atoms with Crippen molar-refractivity contribution in [3.63, 3.8) is 0 Å². The van der Waals surface area contributed by atoms with E-state index in [1.54, 1.807) is 19.2 Å². The minimum Gasteiger partial charge on any atom is -0.504 e. The molecule has 5 nitrogen and oxygen atoms in total. The first kappa shape index (κ1) is 15.1. The van der Waals surface area contributed by atoms with Gasteiger partial charge in [-0.3, -0.25) is 4.90 Å². The van der Waals surface area contributed by atoms with Crippen LogP contribution in [0.25, 0.3) is 0 Å². The van der Waals surface area contributed by atoms with Crippen LogP contribution in [0.15, 0.2) is 18.2 Å². The molecule has 1 heterocycles. The number of benzene rings is 1. The molecule has 1 atom stereocenters. The summed E-state index contributed by atoms with van der Waals surface area (Å²) in [6.45, 7) is 5.06. The van der Waals surface area contributed by atoms with Gasteiger partial charge in [-0.05, 0) is 31.8 Å². The van der Waals surface area contributed by atoms with Crippen LogP contribution in [0.4, 0.5) is 0 Å². The van der Waals surface area contributed by atoms with Crippen LogP contribution >= 0.6 is 0 Å². The van der Waals surface area contributed by atoms with Crippen LogP contribution in [0, 0.1) is 0 Å². The summed E-state index contributed by atoms with van der Waals surface area (Å²) in [7, 11) is 5.91. The monoisotopic (exact) mass is 279 g/mol. The number of likely N-dealkylation sites (N-methyl/N-ethyl adjacent to an activating group) is 2. The van der Waals surface area contributed by atoms with Crippen LogP contribution in [0.5, 0.6) is 11.5 Å². The number of rotatable bonds is 5. The minimum absolute atomic E-state index is 0.196. The molecular weight excluding hydrogens is 254 g/mol. The largest absolute Gasteiger partial charge is 0.504 e. The standard InChI is InChI=1S/C15H25N3O2/c1-17-6-7-18(2)13(11-17)10-16-9-12-4-5-15(20-3)14(19)8-12/h4-5,8,13,16,19H,6-7,9-11H2,1-3H3. The summed E-state index contributed by atoms with van der Waals surface area (Å²) < 4.78 is 5.04. The first-order valence-electron chi connectivity index (χ1n) is 7.05. The lowest BCUT2D eigenvalue weighted by Gasteiger charge is -2.37. The van der Waals surface area contributed by atoms with Gasteiger partial charge in [0.15, 0.2) is 11.5 Å². The molecule has 0 saturated carbocycles. The Kier molecular flexibility index (Phi) is 5.23. The predicted molar refractivity (Wildman–Crippen MR) is 80.3 cm³/mol. The fourth-order valence-electron chi connectivity index (χ4n) is 2.55. The zero-order valence-electron chi connectivity index (χ0n) is 12.6. The summed E-state index contributed by atoms with van der Waals surface area (Å²) in [4.78, 5) is 4.77. The van der Waals surface area contributed by atoms with E-state index in [1.165, 1.54) is 0 Å². The summed E-state index contributed by atoms with van der Waals surface area (Å²) in [5.41, 5.74) is 1.06. The number of phenols is 1. The van der Waals surface area contributed by atoms with Crippen LogP contribution in [0.2, 0.25) is 0 Å². The number of nitrogens with one attached hydrogen (secondary N) is 1. The van der Waals surface area contributed by atoms with Gasteiger partial charge in [0.05, 0.1) is 7.11 Å². The number of phenolic OH excluding ortho intramolecular Hbond substituents is 1. The molecule has 1 aliphatic rings. The summed E-state index contributed by atoms with van der Waals surface area (Å²) in [5.74, 6) is 0.712. The lowest BCUT2D eigenvalue weighted by molar-refractivity contribution is 0.113. The second-order valence-corrected chi connectivity index (χ2v) is 5.53. The van der Waals surface area contributed by atoms with Crippen LogP contribution < -0.4 is 10.1 Å². The van der Waals surface area contributed by atoms with Crippen molar-refractivity contribution < 1.29 is 9.84 Å². The first-order chi connectivity index (χ1) is 9.60. The molecule has 5 heteroatoms. The number of methoxy groups -OCH3 is 1. The molecule has 1 unspecified atom stereocenters. The molecule has 20 heavy (non-hydrogen) atoms. The Morgan fingerprint density at radius 2 is 2.15 bits per heavy atom. The number of piperazine rings is 1. The highest BCUT2D eigenvalue weighted by Gasteiger charge is 2.21. The topological polar surface area (TPSA) is 48.0 Å². The summed E-state index contributed by atoms with van der Waals surface area (Å²) in [6.07, 6.45) is 0. The zero-order valence-corrected chi connectivity index (χ0v) is 12.6. The van der Waals surface area contributed by atoms with E-state index in [0.717, 1.165) is 38.3 Å². The average molecular weight is 279 g/mol. The van der Waals surface area contributed by atoms with E-state index in [-0.39, 0.29) is 5.75 Å². The van der Waals surface area contributed by atoms with Gasteiger partial charge < -0.3 is 20.1 Å². The van der Waals surface area contributed by atoms with Gasteiger partial charge in [-0.15, -0.1) is 0 Å². The molecule has 1 fully saturated rings. The van der Waals surface area contributed by atoms with E-state index in [2.05, 4.69) is 29.2 Å².